The number of carbonyl (C=O) groups excluding carboxylic acids is 1. The average molecular weight is 803 g/mol. The molecular formula is C45H62N4O5S2. The highest BCUT2D eigenvalue weighted by Gasteiger charge is 2.30. The molecule has 2 saturated heterocycles. The van der Waals surface area contributed by atoms with Gasteiger partial charge in [0.2, 0.25) is 0 Å². The smallest absolute Gasteiger partial charge is 0.185 e. The number of piperazine rings is 1. The number of nitrogens with zero attached hydrogens (tertiary/aromatic N) is 3. The summed E-state index contributed by atoms with van der Waals surface area (Å²) in [5.74, 6) is -1.27. The molecule has 11 heteroatoms. The molecule has 56 heavy (non-hydrogen) atoms. The van der Waals surface area contributed by atoms with Crippen molar-refractivity contribution in [1.82, 2.24) is 9.80 Å². The van der Waals surface area contributed by atoms with Gasteiger partial charge in [0.1, 0.15) is 5.75 Å². The summed E-state index contributed by atoms with van der Waals surface area (Å²) in [5, 5.41) is 3.38. The van der Waals surface area contributed by atoms with Crippen molar-refractivity contribution in [2.24, 2.45) is 5.41 Å². The van der Waals surface area contributed by atoms with Crippen molar-refractivity contribution >= 4 is 42.4 Å². The van der Waals surface area contributed by atoms with Gasteiger partial charge in [0.15, 0.2) is 25.5 Å². The maximum atomic E-state index is 13.5. The molecule has 0 saturated carbocycles. The van der Waals surface area contributed by atoms with Crippen molar-refractivity contribution in [3.8, 4) is 0 Å². The van der Waals surface area contributed by atoms with Gasteiger partial charge >= 0.3 is 0 Å². The normalized spacial score (nSPS) is 19.2. The number of hydrogen-bond acceptors (Lipinski definition) is 9. The fourth-order valence-corrected chi connectivity index (χ4v) is 10.7. The van der Waals surface area contributed by atoms with E-state index in [1.54, 1.807) is 17.7 Å². The Kier molecular flexibility index (Phi) is 13.5. The Balaban J connectivity index is 1.06. The number of nitrogens with one attached hydrogen (secondary N) is 1. The van der Waals surface area contributed by atoms with Gasteiger partial charge in [0.05, 0.1) is 15.5 Å². The molecule has 1 atom stereocenters. The molecule has 304 valence electrons. The molecular weight excluding hydrogens is 741 g/mol. The number of carbonyl (C=O) groups is 1. The highest BCUT2D eigenvalue weighted by molar-refractivity contribution is 7.92. The number of benzene rings is 3. The van der Waals surface area contributed by atoms with E-state index in [4.69, 9.17) is 0 Å². The van der Waals surface area contributed by atoms with Crippen LogP contribution in [0, 0.1) is 12.3 Å². The minimum atomic E-state index is -4.11. The number of hydrogen-bond donors (Lipinski definition) is 1. The molecule has 3 aliphatic rings. The molecule has 1 aliphatic carbocycles. The van der Waals surface area contributed by atoms with Crippen LogP contribution in [0.25, 0.3) is 5.57 Å². The van der Waals surface area contributed by atoms with Crippen molar-refractivity contribution in [3.05, 3.63) is 89.0 Å². The summed E-state index contributed by atoms with van der Waals surface area (Å²) in [6.45, 7) is 16.6. The first kappa shape index (κ1) is 42.1. The zero-order chi connectivity index (χ0) is 40.1. The molecule has 9 nitrogen and oxygen atoms in total. The number of ketones is 1. The lowest BCUT2D eigenvalue weighted by Crippen LogP contribution is -2.47. The summed E-state index contributed by atoms with van der Waals surface area (Å²) >= 11 is 0. The molecule has 3 aromatic carbocycles. The molecule has 0 amide bonds. The second-order valence-corrected chi connectivity index (χ2v) is 21.1. The Labute approximate surface area is 336 Å². The zero-order valence-electron chi connectivity index (χ0n) is 34.1. The van der Waals surface area contributed by atoms with E-state index >= 15 is 0 Å². The van der Waals surface area contributed by atoms with Crippen molar-refractivity contribution in [1.29, 1.82) is 0 Å². The predicted molar refractivity (Wildman–Crippen MR) is 229 cm³/mol. The molecule has 3 aromatic rings. The summed E-state index contributed by atoms with van der Waals surface area (Å²) in [7, 11) is -7.88. The fourth-order valence-electron chi connectivity index (χ4n) is 8.54. The van der Waals surface area contributed by atoms with E-state index in [-0.39, 0.29) is 15.8 Å². The van der Waals surface area contributed by atoms with Crippen LogP contribution in [0.2, 0.25) is 0 Å². The van der Waals surface area contributed by atoms with Crippen molar-refractivity contribution in [3.63, 3.8) is 0 Å². The molecule has 0 spiro atoms. The van der Waals surface area contributed by atoms with E-state index in [0.717, 1.165) is 90.0 Å². The largest absolute Gasteiger partial charge is 0.381 e. The second kappa shape index (κ2) is 18.0. The van der Waals surface area contributed by atoms with Crippen molar-refractivity contribution in [2.45, 2.75) is 94.9 Å². The monoisotopic (exact) mass is 802 g/mol. The van der Waals surface area contributed by atoms with Gasteiger partial charge in [-0.3, -0.25) is 9.69 Å². The minimum Gasteiger partial charge on any atom is -0.381 e. The van der Waals surface area contributed by atoms with E-state index in [1.807, 2.05) is 12.1 Å². The van der Waals surface area contributed by atoms with E-state index in [9.17, 15) is 21.6 Å². The van der Waals surface area contributed by atoms with Crippen LogP contribution in [0.3, 0.4) is 0 Å². The molecule has 0 aromatic heterocycles. The van der Waals surface area contributed by atoms with E-state index in [1.165, 1.54) is 60.6 Å². The molecule has 0 radical (unpaired) electrons. The standard InChI is InChI=1S/C45H62N4O5S2/c1-6-38(21-25-47-23-8-7-9-24-47)46-42-19-18-40(30-44(42)55(5,51)52)56(53,54)33-43(50)36-14-16-39(17-15-36)49-28-26-48(27-29-49)32-37-31-45(3,4)22-20-41(37)35-12-10-34(2)11-13-35/h10-19,30,38,46H,6-9,20-29,31-33H2,1-5H3/t38-/m0/s1. The number of piperidine rings is 1. The SMILES string of the molecule is CC[C@@H](CCN1CCCCC1)Nc1ccc(S(=O)(=O)CC(=O)c2ccc(N3CCN(CC4=C(c5ccc(C)cc5)CCC(C)(C)C4)CC3)cc2)cc1S(C)(=O)=O. The lowest BCUT2D eigenvalue weighted by atomic mass is 9.72. The van der Waals surface area contributed by atoms with E-state index in [0.29, 0.717) is 16.7 Å². The van der Waals surface area contributed by atoms with Crippen LogP contribution in [0.4, 0.5) is 11.4 Å². The topological polar surface area (TPSA) is 107 Å². The highest BCUT2D eigenvalue weighted by Crippen LogP contribution is 2.43. The Morgan fingerprint density at radius 3 is 2.16 bits per heavy atom. The van der Waals surface area contributed by atoms with Crippen LogP contribution < -0.4 is 10.2 Å². The number of sulfone groups is 2. The summed E-state index contributed by atoms with van der Waals surface area (Å²) in [4.78, 5) is 20.4. The number of rotatable bonds is 15. The number of allylic oxidation sites excluding steroid dienone is 1. The first-order chi connectivity index (χ1) is 26.6. The van der Waals surface area contributed by atoms with Gasteiger partial charge in [-0.1, -0.05) is 62.6 Å². The third-order valence-electron chi connectivity index (χ3n) is 12.0. The van der Waals surface area contributed by atoms with Gasteiger partial charge < -0.3 is 15.1 Å². The Morgan fingerprint density at radius 1 is 0.839 bits per heavy atom. The fraction of sp³-hybridized carbons (Fsp3) is 0.533. The van der Waals surface area contributed by atoms with Gasteiger partial charge in [0.25, 0.3) is 0 Å². The number of likely N-dealkylation sites (tertiary alicyclic amines) is 1. The lowest BCUT2D eigenvalue weighted by Gasteiger charge is -2.39. The van der Waals surface area contributed by atoms with Crippen LogP contribution in [0.1, 0.15) is 93.6 Å². The number of anilines is 2. The second-order valence-electron chi connectivity index (χ2n) is 17.2. The first-order valence-electron chi connectivity index (χ1n) is 20.5. The Morgan fingerprint density at radius 2 is 1.52 bits per heavy atom. The molecule has 1 N–H and O–H groups in total. The Bertz CT molecular complexity index is 2080. The van der Waals surface area contributed by atoms with Crippen molar-refractivity contribution in [2.75, 3.05) is 74.6 Å². The van der Waals surface area contributed by atoms with Crippen LogP contribution >= 0.6 is 0 Å². The quantitative estimate of drug-likeness (QED) is 0.154. The molecule has 2 aliphatic heterocycles. The number of aryl methyl sites for hydroxylation is 1. The van der Waals surface area contributed by atoms with Crippen LogP contribution in [0.5, 0.6) is 0 Å². The van der Waals surface area contributed by atoms with Crippen LogP contribution in [0.15, 0.2) is 82.1 Å². The van der Waals surface area contributed by atoms with E-state index in [2.05, 4.69) is 72.0 Å². The van der Waals surface area contributed by atoms with Gasteiger partial charge in [-0.05, 0) is 124 Å². The van der Waals surface area contributed by atoms with Gasteiger partial charge in [-0.2, -0.15) is 0 Å². The summed E-state index contributed by atoms with van der Waals surface area (Å²) in [6, 6.07) is 20.3. The summed E-state index contributed by atoms with van der Waals surface area (Å²) < 4.78 is 52.9. The molecule has 0 unspecified atom stereocenters. The average Bonchev–Trinajstić information content (AvgIpc) is 3.17. The molecule has 6 rings (SSSR count). The molecule has 2 heterocycles. The third-order valence-corrected chi connectivity index (χ3v) is 14.8. The van der Waals surface area contributed by atoms with Crippen LogP contribution in [-0.4, -0.2) is 103 Å². The van der Waals surface area contributed by atoms with Gasteiger partial charge in [-0.25, -0.2) is 16.8 Å². The van der Waals surface area contributed by atoms with Gasteiger partial charge in [0, 0.05) is 62.8 Å². The molecule has 0 bridgehead atoms. The number of Topliss-reactive ketones (excluding diaryl/α,β-unsaturated/α-hetero) is 1. The first-order valence-corrected chi connectivity index (χ1v) is 24.1. The predicted octanol–water partition coefficient (Wildman–Crippen LogP) is 7.91. The van der Waals surface area contributed by atoms with Gasteiger partial charge in [-0.15, -0.1) is 0 Å². The Hall–Kier alpha value is -3.51. The summed E-state index contributed by atoms with van der Waals surface area (Å²) in [6.07, 6.45) is 9.85. The lowest BCUT2D eigenvalue weighted by molar-refractivity contribution is 0.102. The maximum absolute atomic E-state index is 13.5. The zero-order valence-corrected chi connectivity index (χ0v) is 35.8. The molecule has 2 fully saturated rings. The highest BCUT2D eigenvalue weighted by atomic mass is 32.2. The van der Waals surface area contributed by atoms with Crippen molar-refractivity contribution < 1.29 is 21.6 Å². The van der Waals surface area contributed by atoms with Crippen LogP contribution in [-0.2, 0) is 19.7 Å². The third kappa shape index (κ3) is 10.9. The van der Waals surface area contributed by atoms with E-state index < -0.39 is 31.2 Å². The summed E-state index contributed by atoms with van der Waals surface area (Å²) in [5.41, 5.74) is 7.71. The minimum absolute atomic E-state index is 0.0396. The maximum Gasteiger partial charge on any atom is 0.185 e.